The van der Waals surface area contributed by atoms with Crippen LogP contribution >= 0.6 is 11.3 Å². The molecule has 0 saturated carbocycles. The number of anilines is 1. The minimum Gasteiger partial charge on any atom is -0.369 e. The third-order valence-corrected chi connectivity index (χ3v) is 3.80. The van der Waals surface area contributed by atoms with E-state index in [0.29, 0.717) is 17.7 Å². The molecule has 4 heteroatoms. The van der Waals surface area contributed by atoms with Gasteiger partial charge < -0.3 is 4.90 Å². The van der Waals surface area contributed by atoms with Crippen LogP contribution in [0.4, 0.5) is 5.69 Å². The lowest BCUT2D eigenvalue weighted by Gasteiger charge is -2.26. The fourth-order valence-corrected chi connectivity index (χ4v) is 2.49. The van der Waals surface area contributed by atoms with Gasteiger partial charge in [0, 0.05) is 25.1 Å². The molecule has 0 unspecified atom stereocenters. The van der Waals surface area contributed by atoms with Crippen molar-refractivity contribution >= 4 is 17.0 Å². The molecule has 0 fully saturated rings. The summed E-state index contributed by atoms with van der Waals surface area (Å²) < 4.78 is 0. The Balaban J connectivity index is 2.33. The van der Waals surface area contributed by atoms with Crippen molar-refractivity contribution < 1.29 is 0 Å². The van der Waals surface area contributed by atoms with Crippen molar-refractivity contribution in [2.75, 3.05) is 11.9 Å². The molecule has 0 N–H and O–H groups in total. The maximum atomic E-state index is 11.6. The second kappa shape index (κ2) is 4.45. The van der Waals surface area contributed by atoms with Crippen molar-refractivity contribution in [2.24, 2.45) is 0 Å². The van der Waals surface area contributed by atoms with Gasteiger partial charge in [0.05, 0.1) is 5.69 Å². The average Bonchev–Trinajstić information content (AvgIpc) is 2.80. The van der Waals surface area contributed by atoms with Gasteiger partial charge in [0.25, 0.3) is 0 Å². The van der Waals surface area contributed by atoms with E-state index in [1.807, 2.05) is 42.6 Å². The Morgan fingerprint density at radius 3 is 2.53 bits per heavy atom. The minimum absolute atomic E-state index is 0.222. The van der Waals surface area contributed by atoms with Crippen molar-refractivity contribution in [3.05, 3.63) is 48.4 Å². The van der Waals surface area contributed by atoms with Gasteiger partial charge in [0.1, 0.15) is 0 Å². The second-order valence-electron chi connectivity index (χ2n) is 4.50. The Bertz CT molecular complexity index is 577. The Morgan fingerprint density at radius 2 is 2.00 bits per heavy atom. The summed E-state index contributed by atoms with van der Waals surface area (Å²) in [6.07, 6.45) is 0.570. The maximum absolute atomic E-state index is 11.6. The van der Waals surface area contributed by atoms with E-state index >= 15 is 0 Å². The molecule has 0 bridgehead atoms. The molecule has 0 spiro atoms. The smallest absolute Gasteiger partial charge is 0.249 e. The average molecular weight is 249 g/mol. The zero-order valence-electron chi connectivity index (χ0n) is 10.2. The van der Waals surface area contributed by atoms with E-state index < -0.39 is 0 Å². The topological polar surface area (TPSA) is 37.4 Å². The second-order valence-corrected chi connectivity index (χ2v) is 5.28. The zero-order chi connectivity index (χ0) is 12.6. The Kier molecular flexibility index (Phi) is 3.15. The van der Waals surface area contributed by atoms with Crippen molar-refractivity contribution in [2.45, 2.75) is 26.3 Å². The van der Waals surface area contributed by atoms with Gasteiger partial charge in [0.2, 0.25) is 10.9 Å². The van der Waals surface area contributed by atoms with Crippen molar-refractivity contribution in [1.82, 2.24) is 0 Å². The number of hydrogen-bond donors (Lipinski definition) is 0. The quantitative estimate of drug-likeness (QED) is 0.775. The molecule has 17 heavy (non-hydrogen) atoms. The van der Waals surface area contributed by atoms with Crippen molar-refractivity contribution in [1.29, 1.82) is 0 Å². The lowest BCUT2D eigenvalue weighted by atomic mass is 9.99. The van der Waals surface area contributed by atoms with E-state index in [2.05, 4.69) is 0 Å². The van der Waals surface area contributed by atoms with Crippen LogP contribution in [0.25, 0.3) is 0 Å². The van der Waals surface area contributed by atoms with Crippen LogP contribution in [0.3, 0.4) is 0 Å². The monoisotopic (exact) mass is 249 g/mol. The molecule has 0 saturated heterocycles. The first kappa shape index (κ1) is 12.0. The number of rotatable bonds is 4. The third kappa shape index (κ3) is 2.05. The van der Waals surface area contributed by atoms with E-state index in [1.54, 1.807) is 11.3 Å². The highest BCUT2D eigenvalue weighted by Crippen LogP contribution is 2.20. The summed E-state index contributed by atoms with van der Waals surface area (Å²) in [4.78, 5) is 25.1. The molecule has 1 aromatic heterocycles. The first-order chi connectivity index (χ1) is 8.02. The van der Waals surface area contributed by atoms with Gasteiger partial charge in [-0.15, -0.1) is 0 Å². The fraction of sp³-hybridized carbons (Fsp3) is 0.385. The van der Waals surface area contributed by atoms with Crippen LogP contribution < -0.4 is 15.8 Å². The zero-order valence-corrected chi connectivity index (χ0v) is 11.0. The summed E-state index contributed by atoms with van der Waals surface area (Å²) in [6.45, 7) is 4.01. The fourth-order valence-electron chi connectivity index (χ4n) is 1.82. The highest BCUT2D eigenvalue weighted by molar-refractivity contribution is 7.07. The van der Waals surface area contributed by atoms with E-state index in [1.165, 1.54) is 0 Å². The first-order valence-corrected chi connectivity index (χ1v) is 6.52. The van der Waals surface area contributed by atoms with Gasteiger partial charge in [-0.1, -0.05) is 0 Å². The number of thiophene rings is 1. The third-order valence-electron chi connectivity index (χ3n) is 3.07. The van der Waals surface area contributed by atoms with Gasteiger partial charge in [-0.25, -0.2) is 0 Å². The molecular formula is C13H15NO2S. The molecule has 2 rings (SSSR count). The van der Waals surface area contributed by atoms with Crippen LogP contribution in [0, 0.1) is 0 Å². The van der Waals surface area contributed by atoms with Gasteiger partial charge >= 0.3 is 0 Å². The standard InChI is InChI=1S/C13H15NO2S/c1-8(2)14(3)11-10(12(15)13(11)16)6-9-4-5-17-7-9/h4-5,7-8H,6H2,1-3H3. The number of nitrogens with zero attached hydrogens (tertiary/aromatic N) is 1. The van der Waals surface area contributed by atoms with Crippen LogP contribution in [0.15, 0.2) is 26.4 Å². The van der Waals surface area contributed by atoms with Gasteiger partial charge in [0.15, 0.2) is 0 Å². The summed E-state index contributed by atoms with van der Waals surface area (Å²) in [6, 6.07) is 2.21. The largest absolute Gasteiger partial charge is 0.369 e. The summed E-state index contributed by atoms with van der Waals surface area (Å²) in [5.74, 6) is 0. The van der Waals surface area contributed by atoms with Gasteiger partial charge in [-0.2, -0.15) is 11.3 Å². The molecule has 1 aromatic carbocycles. The molecule has 0 amide bonds. The molecule has 1 heterocycles. The molecule has 0 aliphatic carbocycles. The van der Waals surface area contributed by atoms with Crippen LogP contribution in [-0.4, -0.2) is 13.1 Å². The molecule has 0 atom stereocenters. The highest BCUT2D eigenvalue weighted by Gasteiger charge is 2.24. The summed E-state index contributed by atoms with van der Waals surface area (Å²) >= 11 is 1.60. The lowest BCUT2D eigenvalue weighted by Crippen LogP contribution is -2.44. The number of hydrogen-bond acceptors (Lipinski definition) is 4. The lowest BCUT2D eigenvalue weighted by molar-refractivity contribution is 0.742. The minimum atomic E-state index is -0.341. The van der Waals surface area contributed by atoms with Crippen LogP contribution in [0.2, 0.25) is 0 Å². The Hall–Kier alpha value is -1.42. The summed E-state index contributed by atoms with van der Waals surface area (Å²) in [5, 5.41) is 3.99. The van der Waals surface area contributed by atoms with Crippen LogP contribution in [0.1, 0.15) is 25.0 Å². The van der Waals surface area contributed by atoms with E-state index in [4.69, 9.17) is 0 Å². The van der Waals surface area contributed by atoms with Gasteiger partial charge in [-0.3, -0.25) is 9.59 Å². The maximum Gasteiger partial charge on any atom is 0.249 e. The molecule has 90 valence electrons. The summed E-state index contributed by atoms with van der Waals surface area (Å²) in [5.41, 5.74) is 1.69. The Labute approximate surface area is 104 Å². The van der Waals surface area contributed by atoms with Crippen LogP contribution in [0.5, 0.6) is 0 Å². The van der Waals surface area contributed by atoms with E-state index in [9.17, 15) is 9.59 Å². The highest BCUT2D eigenvalue weighted by atomic mass is 32.1. The first-order valence-electron chi connectivity index (χ1n) is 5.58. The van der Waals surface area contributed by atoms with Gasteiger partial charge in [-0.05, 0) is 36.2 Å². The molecule has 0 radical (unpaired) electrons. The van der Waals surface area contributed by atoms with Crippen molar-refractivity contribution in [3.63, 3.8) is 0 Å². The van der Waals surface area contributed by atoms with E-state index in [-0.39, 0.29) is 16.9 Å². The summed E-state index contributed by atoms with van der Waals surface area (Å²) in [7, 11) is 1.86. The normalized spacial score (nSPS) is 11.3. The molecule has 0 aliphatic heterocycles. The van der Waals surface area contributed by atoms with E-state index in [0.717, 1.165) is 5.56 Å². The van der Waals surface area contributed by atoms with Crippen molar-refractivity contribution in [3.8, 4) is 0 Å². The van der Waals surface area contributed by atoms with Crippen LogP contribution in [-0.2, 0) is 6.42 Å². The molecular weight excluding hydrogens is 234 g/mol. The predicted octanol–water partition coefficient (Wildman–Crippen LogP) is 1.78. The molecule has 3 nitrogen and oxygen atoms in total. The Morgan fingerprint density at radius 1 is 1.29 bits per heavy atom. The molecule has 2 aromatic rings. The SMILES string of the molecule is CC(C)N(C)c1c(Cc2ccsc2)c(=O)c1=O. The predicted molar refractivity (Wildman–Crippen MR) is 72.0 cm³/mol. The molecule has 0 aliphatic rings.